The first-order valence-corrected chi connectivity index (χ1v) is 9.28. The summed E-state index contributed by atoms with van der Waals surface area (Å²) in [6.45, 7) is 3.90. The zero-order chi connectivity index (χ0) is 14.9. The quantitative estimate of drug-likeness (QED) is 0.922. The first-order valence-electron chi connectivity index (χ1n) is 8.40. The van der Waals surface area contributed by atoms with E-state index in [1.165, 1.54) is 61.9 Å². The Morgan fingerprint density at radius 1 is 1.19 bits per heavy atom. The van der Waals surface area contributed by atoms with E-state index in [-0.39, 0.29) is 5.54 Å². The lowest BCUT2D eigenvalue weighted by Gasteiger charge is -2.49. The minimum atomic E-state index is 0.213. The number of nitrogens with zero attached hydrogens (tertiary/aromatic N) is 2. The van der Waals surface area contributed by atoms with Gasteiger partial charge in [0.2, 0.25) is 0 Å². The fourth-order valence-electron chi connectivity index (χ4n) is 4.47. The lowest BCUT2D eigenvalue weighted by molar-refractivity contribution is 0.0262. The summed E-state index contributed by atoms with van der Waals surface area (Å²) in [5.74, 6) is 0. The molecule has 2 aliphatic rings. The molecule has 21 heavy (non-hydrogen) atoms. The van der Waals surface area contributed by atoms with Crippen molar-refractivity contribution in [3.8, 4) is 0 Å². The smallest absolute Gasteiger partial charge is 0.0798 e. The molecule has 2 fully saturated rings. The highest BCUT2D eigenvalue weighted by Crippen LogP contribution is 2.52. The highest BCUT2D eigenvalue weighted by Gasteiger charge is 2.45. The number of thiazole rings is 1. The van der Waals surface area contributed by atoms with E-state index in [2.05, 4.69) is 23.9 Å². The fraction of sp³-hybridized carbons (Fsp3) is 0.824. The molecule has 1 spiro atoms. The second-order valence-electron chi connectivity index (χ2n) is 7.35. The predicted octanol–water partition coefficient (Wildman–Crippen LogP) is 3.72. The second-order valence-corrected chi connectivity index (χ2v) is 8.29. The van der Waals surface area contributed by atoms with Crippen molar-refractivity contribution in [2.24, 2.45) is 11.1 Å². The van der Waals surface area contributed by atoms with E-state index in [0.29, 0.717) is 5.41 Å². The Labute approximate surface area is 132 Å². The Morgan fingerprint density at radius 2 is 1.86 bits per heavy atom. The molecular weight excluding hydrogens is 278 g/mol. The number of likely N-dealkylation sites (N-methyl/N-ethyl adjacent to an activating group) is 1. The van der Waals surface area contributed by atoms with Crippen LogP contribution in [0.4, 0.5) is 0 Å². The van der Waals surface area contributed by atoms with Crippen LogP contribution in [0.3, 0.4) is 0 Å². The Morgan fingerprint density at radius 3 is 2.38 bits per heavy atom. The lowest BCUT2D eigenvalue weighted by atomic mass is 9.66. The molecule has 0 radical (unpaired) electrons. The van der Waals surface area contributed by atoms with Crippen molar-refractivity contribution in [3.05, 3.63) is 16.1 Å². The van der Waals surface area contributed by atoms with Crippen molar-refractivity contribution in [1.82, 2.24) is 9.88 Å². The van der Waals surface area contributed by atoms with Crippen molar-refractivity contribution in [2.45, 2.75) is 70.4 Å². The molecule has 3 nitrogen and oxygen atoms in total. The number of hydrogen-bond acceptors (Lipinski definition) is 4. The summed E-state index contributed by atoms with van der Waals surface area (Å²) < 4.78 is 0. The van der Waals surface area contributed by atoms with Crippen LogP contribution in [0, 0.1) is 12.3 Å². The molecule has 0 atom stereocenters. The van der Waals surface area contributed by atoms with Gasteiger partial charge in [-0.2, -0.15) is 0 Å². The van der Waals surface area contributed by atoms with Gasteiger partial charge in [-0.05, 0) is 57.9 Å². The van der Waals surface area contributed by atoms with Gasteiger partial charge in [0, 0.05) is 23.5 Å². The van der Waals surface area contributed by atoms with Crippen LogP contribution < -0.4 is 5.73 Å². The molecule has 118 valence electrons. The summed E-state index contributed by atoms with van der Waals surface area (Å²) in [5.41, 5.74) is 10.3. The lowest BCUT2D eigenvalue weighted by Crippen LogP contribution is -2.54. The number of hydrogen-bond donors (Lipinski definition) is 1. The Bertz CT molecular complexity index is 466. The van der Waals surface area contributed by atoms with Crippen LogP contribution in [0.25, 0.3) is 0 Å². The number of rotatable bonds is 4. The molecule has 0 saturated heterocycles. The molecule has 0 unspecified atom stereocenters. The van der Waals surface area contributed by atoms with Gasteiger partial charge in [-0.25, -0.2) is 4.98 Å². The SMILES string of the molecule is Cc1ncsc1CN(C)C1(CN)CCC2(CCCC2)CC1. The molecule has 1 aromatic rings. The van der Waals surface area contributed by atoms with E-state index in [9.17, 15) is 0 Å². The summed E-state index contributed by atoms with van der Waals surface area (Å²) in [7, 11) is 2.26. The normalized spacial score (nSPS) is 24.0. The van der Waals surface area contributed by atoms with Crippen LogP contribution in [-0.2, 0) is 6.54 Å². The molecule has 4 heteroatoms. The number of aryl methyl sites for hydroxylation is 1. The largest absolute Gasteiger partial charge is 0.329 e. The third-order valence-corrected chi connectivity index (χ3v) is 7.24. The summed E-state index contributed by atoms with van der Waals surface area (Å²) in [6.07, 6.45) is 11.1. The minimum Gasteiger partial charge on any atom is -0.329 e. The highest BCUT2D eigenvalue weighted by atomic mass is 32.1. The van der Waals surface area contributed by atoms with Crippen molar-refractivity contribution in [3.63, 3.8) is 0 Å². The first-order chi connectivity index (χ1) is 10.1. The maximum atomic E-state index is 6.24. The molecule has 2 N–H and O–H groups in total. The topological polar surface area (TPSA) is 42.2 Å². The summed E-state index contributed by atoms with van der Waals surface area (Å²) in [4.78, 5) is 8.30. The van der Waals surface area contributed by atoms with E-state index in [0.717, 1.165) is 13.1 Å². The van der Waals surface area contributed by atoms with Crippen LogP contribution >= 0.6 is 11.3 Å². The van der Waals surface area contributed by atoms with Gasteiger partial charge in [0.05, 0.1) is 11.2 Å². The molecule has 2 saturated carbocycles. The van der Waals surface area contributed by atoms with E-state index in [1.807, 2.05) is 5.51 Å². The first kappa shape index (κ1) is 15.4. The molecule has 0 bridgehead atoms. The third-order valence-electron chi connectivity index (χ3n) is 6.32. The van der Waals surface area contributed by atoms with Crippen molar-refractivity contribution >= 4 is 11.3 Å². The Kier molecular flexibility index (Phi) is 4.40. The molecule has 0 aliphatic heterocycles. The standard InChI is InChI=1S/C17H29N3S/c1-14-15(21-13-19-14)11-20(2)17(12-18)9-7-16(8-10-17)5-3-4-6-16/h13H,3-12,18H2,1-2H3. The maximum Gasteiger partial charge on any atom is 0.0798 e. The monoisotopic (exact) mass is 307 g/mol. The summed E-state index contributed by atoms with van der Waals surface area (Å²) >= 11 is 1.78. The average molecular weight is 308 g/mol. The van der Waals surface area contributed by atoms with E-state index in [1.54, 1.807) is 11.3 Å². The predicted molar refractivity (Wildman–Crippen MR) is 89.5 cm³/mol. The molecule has 2 aliphatic carbocycles. The van der Waals surface area contributed by atoms with Gasteiger partial charge in [0.25, 0.3) is 0 Å². The Hall–Kier alpha value is -0.450. The molecular formula is C17H29N3S. The van der Waals surface area contributed by atoms with Gasteiger partial charge in [-0.15, -0.1) is 11.3 Å². The fourth-order valence-corrected chi connectivity index (χ4v) is 5.30. The summed E-state index contributed by atoms with van der Waals surface area (Å²) in [5, 5.41) is 0. The molecule has 0 aromatic carbocycles. The zero-order valence-corrected chi connectivity index (χ0v) is 14.3. The van der Waals surface area contributed by atoms with Gasteiger partial charge >= 0.3 is 0 Å². The Balaban J connectivity index is 1.68. The summed E-state index contributed by atoms with van der Waals surface area (Å²) in [6, 6.07) is 0. The van der Waals surface area contributed by atoms with Crippen LogP contribution in [0.2, 0.25) is 0 Å². The van der Waals surface area contributed by atoms with Crippen molar-refractivity contribution in [1.29, 1.82) is 0 Å². The van der Waals surface area contributed by atoms with Crippen LogP contribution in [0.15, 0.2) is 5.51 Å². The minimum absolute atomic E-state index is 0.213. The van der Waals surface area contributed by atoms with Gasteiger partial charge in [-0.3, -0.25) is 4.90 Å². The van der Waals surface area contributed by atoms with E-state index < -0.39 is 0 Å². The van der Waals surface area contributed by atoms with Gasteiger partial charge in [0.1, 0.15) is 0 Å². The van der Waals surface area contributed by atoms with Crippen LogP contribution in [0.1, 0.15) is 61.9 Å². The van der Waals surface area contributed by atoms with Crippen molar-refractivity contribution in [2.75, 3.05) is 13.6 Å². The molecule has 1 aromatic heterocycles. The molecule has 1 heterocycles. The number of aromatic nitrogens is 1. The van der Waals surface area contributed by atoms with Gasteiger partial charge < -0.3 is 5.73 Å². The van der Waals surface area contributed by atoms with E-state index >= 15 is 0 Å². The average Bonchev–Trinajstić information content (AvgIpc) is 3.11. The highest BCUT2D eigenvalue weighted by molar-refractivity contribution is 7.09. The van der Waals surface area contributed by atoms with Crippen LogP contribution in [0.5, 0.6) is 0 Å². The second kappa shape index (κ2) is 5.98. The van der Waals surface area contributed by atoms with Gasteiger partial charge in [0.15, 0.2) is 0 Å². The van der Waals surface area contributed by atoms with Crippen molar-refractivity contribution < 1.29 is 0 Å². The number of nitrogens with two attached hydrogens (primary N) is 1. The van der Waals surface area contributed by atoms with Crippen LogP contribution in [-0.4, -0.2) is 29.0 Å². The van der Waals surface area contributed by atoms with E-state index in [4.69, 9.17) is 5.73 Å². The van der Waals surface area contributed by atoms with Gasteiger partial charge in [-0.1, -0.05) is 12.8 Å². The maximum absolute atomic E-state index is 6.24. The third kappa shape index (κ3) is 2.90. The molecule has 3 rings (SSSR count). The zero-order valence-electron chi connectivity index (χ0n) is 13.5. The molecule has 0 amide bonds.